The number of benzene rings is 1. The Hall–Kier alpha value is -1.99. The van der Waals surface area contributed by atoms with E-state index in [1.807, 2.05) is 31.2 Å². The van der Waals surface area contributed by atoms with Crippen molar-refractivity contribution in [1.29, 1.82) is 5.26 Å². The molecule has 1 aromatic carbocycles. The Bertz CT molecular complexity index is 570. The van der Waals surface area contributed by atoms with Gasteiger partial charge >= 0.3 is 0 Å². The lowest BCUT2D eigenvalue weighted by Gasteiger charge is -2.05. The number of hydrogen-bond acceptors (Lipinski definition) is 4. The maximum atomic E-state index is 8.88. The van der Waals surface area contributed by atoms with Crippen LogP contribution in [0.3, 0.4) is 0 Å². The van der Waals surface area contributed by atoms with Gasteiger partial charge in [-0.2, -0.15) is 5.26 Å². The summed E-state index contributed by atoms with van der Waals surface area (Å²) in [6.45, 7) is 2.04. The average Bonchev–Trinajstić information content (AvgIpc) is 2.35. The molecule has 0 saturated heterocycles. The quantitative estimate of drug-likeness (QED) is 0.878. The molecule has 0 atom stereocenters. The van der Waals surface area contributed by atoms with Crippen molar-refractivity contribution in [2.45, 2.75) is 16.8 Å². The Morgan fingerprint density at radius 1 is 1.24 bits per heavy atom. The Morgan fingerprint density at radius 3 is 2.59 bits per heavy atom. The number of aryl methyl sites for hydroxylation is 1. The number of nitrogen functional groups attached to an aromatic ring is 1. The van der Waals surface area contributed by atoms with Crippen molar-refractivity contribution in [3.8, 4) is 6.07 Å². The van der Waals surface area contributed by atoms with Crippen molar-refractivity contribution in [1.82, 2.24) is 4.98 Å². The summed E-state index contributed by atoms with van der Waals surface area (Å²) >= 11 is 1.47. The van der Waals surface area contributed by atoms with Crippen molar-refractivity contribution >= 4 is 17.4 Å². The lowest BCUT2D eigenvalue weighted by molar-refractivity contribution is 1.13. The number of hydrogen-bond donors (Lipinski definition) is 1. The zero-order valence-electron chi connectivity index (χ0n) is 9.34. The third-order valence-electron chi connectivity index (χ3n) is 2.31. The van der Waals surface area contributed by atoms with Crippen LogP contribution in [0.15, 0.2) is 46.5 Å². The van der Waals surface area contributed by atoms with Crippen LogP contribution in [0.2, 0.25) is 0 Å². The van der Waals surface area contributed by atoms with E-state index >= 15 is 0 Å². The van der Waals surface area contributed by atoms with Gasteiger partial charge < -0.3 is 5.73 Å². The number of nitrogens with two attached hydrogens (primary N) is 1. The lowest BCUT2D eigenvalue weighted by Crippen LogP contribution is -1.95. The molecule has 4 heteroatoms. The van der Waals surface area contributed by atoms with E-state index in [1.54, 1.807) is 12.3 Å². The van der Waals surface area contributed by atoms with Crippen LogP contribution in [0.25, 0.3) is 0 Å². The molecule has 0 unspecified atom stereocenters. The van der Waals surface area contributed by atoms with Crippen LogP contribution in [0, 0.1) is 18.3 Å². The van der Waals surface area contributed by atoms with E-state index < -0.39 is 0 Å². The Kier molecular flexibility index (Phi) is 3.31. The average molecular weight is 241 g/mol. The summed E-state index contributed by atoms with van der Waals surface area (Å²) in [5, 5.41) is 9.55. The number of nitrogens with zero attached hydrogens (tertiary/aromatic N) is 2. The van der Waals surface area contributed by atoms with Gasteiger partial charge in [0.2, 0.25) is 0 Å². The summed E-state index contributed by atoms with van der Waals surface area (Å²) in [6.07, 6.45) is 1.60. The number of anilines is 1. The molecule has 0 amide bonds. The van der Waals surface area contributed by atoms with E-state index in [9.17, 15) is 0 Å². The van der Waals surface area contributed by atoms with E-state index in [-0.39, 0.29) is 0 Å². The van der Waals surface area contributed by atoms with E-state index in [0.29, 0.717) is 16.3 Å². The van der Waals surface area contributed by atoms with Gasteiger partial charge in [-0.25, -0.2) is 4.98 Å². The van der Waals surface area contributed by atoms with Crippen LogP contribution in [0.1, 0.15) is 11.1 Å². The zero-order valence-corrected chi connectivity index (χ0v) is 10.2. The van der Waals surface area contributed by atoms with E-state index in [2.05, 4.69) is 11.1 Å². The molecule has 84 valence electrons. The van der Waals surface area contributed by atoms with Crippen LogP contribution in [0.5, 0.6) is 0 Å². The first-order valence-electron chi connectivity index (χ1n) is 5.10. The fourth-order valence-corrected chi connectivity index (χ4v) is 2.18. The number of nitriles is 1. The SMILES string of the molecule is Cc1ccc(Sc2nccc(C#N)c2N)cc1. The van der Waals surface area contributed by atoms with Crippen molar-refractivity contribution in [3.05, 3.63) is 47.7 Å². The fourth-order valence-electron chi connectivity index (χ4n) is 1.35. The summed E-state index contributed by atoms with van der Waals surface area (Å²) < 4.78 is 0. The van der Waals surface area contributed by atoms with Crippen molar-refractivity contribution in [2.75, 3.05) is 5.73 Å². The molecule has 0 saturated carbocycles. The second-order valence-electron chi connectivity index (χ2n) is 3.60. The molecule has 17 heavy (non-hydrogen) atoms. The Labute approximate surface area is 104 Å². The molecule has 0 aliphatic carbocycles. The molecule has 2 N–H and O–H groups in total. The summed E-state index contributed by atoms with van der Waals surface area (Å²) in [5.41, 5.74) is 7.99. The molecule has 1 aromatic heterocycles. The third-order valence-corrected chi connectivity index (χ3v) is 3.34. The standard InChI is InChI=1S/C13H11N3S/c1-9-2-4-11(5-3-9)17-13-12(15)10(8-14)6-7-16-13/h2-7H,15H2,1H3. The van der Waals surface area contributed by atoms with Gasteiger partial charge in [-0.1, -0.05) is 29.5 Å². The second kappa shape index (κ2) is 4.89. The van der Waals surface area contributed by atoms with Gasteiger partial charge in [0.25, 0.3) is 0 Å². The predicted octanol–water partition coefficient (Wildman–Crippen LogP) is 3.00. The highest BCUT2D eigenvalue weighted by Crippen LogP contribution is 2.31. The fraction of sp³-hybridized carbons (Fsp3) is 0.0769. The molecular weight excluding hydrogens is 230 g/mol. The summed E-state index contributed by atoms with van der Waals surface area (Å²) in [5.74, 6) is 0. The predicted molar refractivity (Wildman–Crippen MR) is 68.7 cm³/mol. The highest BCUT2D eigenvalue weighted by atomic mass is 32.2. The molecule has 2 rings (SSSR count). The minimum Gasteiger partial charge on any atom is -0.395 e. The van der Waals surface area contributed by atoms with Gasteiger partial charge in [0.1, 0.15) is 11.1 Å². The van der Waals surface area contributed by atoms with Gasteiger partial charge in [0.15, 0.2) is 0 Å². The minimum absolute atomic E-state index is 0.445. The molecule has 0 fully saturated rings. The first-order chi connectivity index (χ1) is 8.20. The normalized spacial score (nSPS) is 9.88. The smallest absolute Gasteiger partial charge is 0.125 e. The molecule has 0 spiro atoms. The number of pyridine rings is 1. The lowest BCUT2D eigenvalue weighted by atomic mass is 10.2. The van der Waals surface area contributed by atoms with Crippen molar-refractivity contribution in [2.24, 2.45) is 0 Å². The van der Waals surface area contributed by atoms with Crippen LogP contribution in [-0.2, 0) is 0 Å². The molecule has 0 aliphatic heterocycles. The Morgan fingerprint density at radius 2 is 1.94 bits per heavy atom. The molecule has 0 radical (unpaired) electrons. The number of aromatic nitrogens is 1. The first-order valence-corrected chi connectivity index (χ1v) is 5.91. The second-order valence-corrected chi connectivity index (χ2v) is 4.67. The summed E-state index contributed by atoms with van der Waals surface area (Å²) in [6, 6.07) is 11.8. The summed E-state index contributed by atoms with van der Waals surface area (Å²) in [7, 11) is 0. The Balaban J connectivity index is 2.31. The third kappa shape index (κ3) is 2.58. The van der Waals surface area contributed by atoms with E-state index in [1.165, 1.54) is 17.3 Å². The van der Waals surface area contributed by atoms with Crippen LogP contribution < -0.4 is 5.73 Å². The van der Waals surface area contributed by atoms with Gasteiger partial charge in [-0.15, -0.1) is 0 Å². The molecule has 0 bridgehead atoms. The van der Waals surface area contributed by atoms with Gasteiger partial charge in [-0.05, 0) is 25.1 Å². The van der Waals surface area contributed by atoms with Gasteiger partial charge in [0, 0.05) is 11.1 Å². The van der Waals surface area contributed by atoms with Crippen molar-refractivity contribution in [3.63, 3.8) is 0 Å². The van der Waals surface area contributed by atoms with E-state index in [4.69, 9.17) is 11.0 Å². The first kappa shape index (κ1) is 11.5. The minimum atomic E-state index is 0.445. The van der Waals surface area contributed by atoms with E-state index in [0.717, 1.165) is 4.90 Å². The molecule has 0 aliphatic rings. The topological polar surface area (TPSA) is 62.7 Å². The highest BCUT2D eigenvalue weighted by molar-refractivity contribution is 7.99. The van der Waals surface area contributed by atoms with Gasteiger partial charge in [0.05, 0.1) is 11.3 Å². The van der Waals surface area contributed by atoms with Crippen LogP contribution in [-0.4, -0.2) is 4.98 Å². The van der Waals surface area contributed by atoms with Crippen molar-refractivity contribution < 1.29 is 0 Å². The summed E-state index contributed by atoms with van der Waals surface area (Å²) in [4.78, 5) is 5.25. The van der Waals surface area contributed by atoms with Crippen LogP contribution in [0.4, 0.5) is 5.69 Å². The zero-order chi connectivity index (χ0) is 12.3. The molecule has 2 aromatic rings. The maximum absolute atomic E-state index is 8.88. The molecular formula is C13H11N3S. The maximum Gasteiger partial charge on any atom is 0.125 e. The van der Waals surface area contributed by atoms with Crippen LogP contribution >= 0.6 is 11.8 Å². The highest BCUT2D eigenvalue weighted by Gasteiger charge is 2.07. The van der Waals surface area contributed by atoms with Gasteiger partial charge in [-0.3, -0.25) is 0 Å². The molecule has 1 heterocycles. The largest absolute Gasteiger partial charge is 0.395 e. The monoisotopic (exact) mass is 241 g/mol. The molecule has 3 nitrogen and oxygen atoms in total. The number of rotatable bonds is 2.